The highest BCUT2D eigenvalue weighted by atomic mass is 35.5. The molecule has 0 atom stereocenters. The minimum atomic E-state index is -0.144. The number of hydrogen-bond donors (Lipinski definition) is 1. The van der Waals surface area contributed by atoms with Gasteiger partial charge in [-0.25, -0.2) is 0 Å². The zero-order chi connectivity index (χ0) is 18.0. The topological polar surface area (TPSA) is 46.9 Å². The van der Waals surface area contributed by atoms with Gasteiger partial charge in [-0.2, -0.15) is 5.10 Å². The lowest BCUT2D eigenvalue weighted by atomic mass is 10.1. The van der Waals surface area contributed by atoms with Gasteiger partial charge in [-0.1, -0.05) is 48.0 Å². The molecule has 3 aromatic rings. The summed E-state index contributed by atoms with van der Waals surface area (Å²) in [6, 6.07) is 15.4. The number of nitrogens with zero attached hydrogens (tertiary/aromatic N) is 2. The van der Waals surface area contributed by atoms with Crippen LogP contribution in [0.5, 0.6) is 0 Å². The number of carbonyl (C=O) groups is 1. The maximum Gasteiger partial charge on any atom is 0.259 e. The predicted molar refractivity (Wildman–Crippen MR) is 101 cm³/mol. The van der Waals surface area contributed by atoms with Crippen LogP contribution in [0.3, 0.4) is 0 Å². The van der Waals surface area contributed by atoms with Crippen molar-refractivity contribution in [2.24, 2.45) is 0 Å². The average molecular weight is 354 g/mol. The van der Waals surface area contributed by atoms with Crippen LogP contribution in [0.25, 0.3) is 0 Å². The van der Waals surface area contributed by atoms with Crippen LogP contribution < -0.4 is 5.32 Å². The molecule has 0 aliphatic carbocycles. The first-order valence-electron chi connectivity index (χ1n) is 8.11. The lowest BCUT2D eigenvalue weighted by Crippen LogP contribution is -2.15. The summed E-state index contributed by atoms with van der Waals surface area (Å²) in [5, 5.41) is 8.20. The van der Waals surface area contributed by atoms with E-state index in [-0.39, 0.29) is 5.91 Å². The Hall–Kier alpha value is -2.59. The van der Waals surface area contributed by atoms with Gasteiger partial charge in [-0.05, 0) is 44.0 Å². The van der Waals surface area contributed by atoms with E-state index in [4.69, 9.17) is 11.6 Å². The molecule has 25 heavy (non-hydrogen) atoms. The minimum absolute atomic E-state index is 0.144. The van der Waals surface area contributed by atoms with E-state index in [1.54, 1.807) is 0 Å². The molecule has 0 aliphatic heterocycles. The standard InChI is InChI=1S/C20H20ClN3O/c1-13-8-4-7-11-18(13)22-20(25)19-14(2)23-24(15(19)3)12-16-9-5-6-10-17(16)21/h4-11H,12H2,1-3H3,(H,22,25). The number of anilines is 1. The van der Waals surface area contributed by atoms with E-state index in [2.05, 4.69) is 10.4 Å². The van der Waals surface area contributed by atoms with E-state index in [1.807, 2.05) is 74.0 Å². The summed E-state index contributed by atoms with van der Waals surface area (Å²) in [6.45, 7) is 6.26. The number of nitrogens with one attached hydrogen (secondary N) is 1. The lowest BCUT2D eigenvalue weighted by Gasteiger charge is -2.09. The normalized spacial score (nSPS) is 10.7. The molecule has 2 aromatic carbocycles. The second-order valence-electron chi connectivity index (χ2n) is 6.06. The predicted octanol–water partition coefficient (Wildman–Crippen LogP) is 4.76. The maximum absolute atomic E-state index is 12.8. The molecule has 0 radical (unpaired) electrons. The van der Waals surface area contributed by atoms with Crippen molar-refractivity contribution in [1.29, 1.82) is 0 Å². The van der Waals surface area contributed by atoms with Gasteiger partial charge in [0.15, 0.2) is 0 Å². The number of hydrogen-bond acceptors (Lipinski definition) is 2. The van der Waals surface area contributed by atoms with Gasteiger partial charge >= 0.3 is 0 Å². The Balaban J connectivity index is 1.88. The maximum atomic E-state index is 12.8. The third-order valence-electron chi connectivity index (χ3n) is 4.28. The molecule has 1 N–H and O–H groups in total. The van der Waals surface area contributed by atoms with Crippen LogP contribution in [-0.2, 0) is 6.54 Å². The molecule has 0 unspecified atom stereocenters. The van der Waals surface area contributed by atoms with Crippen molar-refractivity contribution in [3.05, 3.63) is 81.6 Å². The lowest BCUT2D eigenvalue weighted by molar-refractivity contribution is 0.102. The molecule has 3 rings (SSSR count). The largest absolute Gasteiger partial charge is 0.322 e. The van der Waals surface area contributed by atoms with Gasteiger partial charge in [-0.3, -0.25) is 9.48 Å². The molecule has 4 nitrogen and oxygen atoms in total. The van der Waals surface area contributed by atoms with Gasteiger partial charge in [0.25, 0.3) is 5.91 Å². The first kappa shape index (κ1) is 17.2. The van der Waals surface area contributed by atoms with Crippen LogP contribution in [0.15, 0.2) is 48.5 Å². The van der Waals surface area contributed by atoms with E-state index in [1.165, 1.54) is 0 Å². The van der Waals surface area contributed by atoms with Gasteiger partial charge in [0.05, 0.1) is 17.8 Å². The Bertz CT molecular complexity index is 930. The molecular formula is C20H20ClN3O. The number of aryl methyl sites for hydroxylation is 2. The van der Waals surface area contributed by atoms with Crippen molar-refractivity contribution >= 4 is 23.2 Å². The van der Waals surface area contributed by atoms with Crippen LogP contribution in [-0.4, -0.2) is 15.7 Å². The number of benzene rings is 2. The number of aromatic nitrogens is 2. The number of rotatable bonds is 4. The van der Waals surface area contributed by atoms with Gasteiger partial charge in [0.1, 0.15) is 0 Å². The highest BCUT2D eigenvalue weighted by Gasteiger charge is 2.19. The molecule has 0 fully saturated rings. The summed E-state index contributed by atoms with van der Waals surface area (Å²) < 4.78 is 1.82. The summed E-state index contributed by atoms with van der Waals surface area (Å²) in [4.78, 5) is 12.8. The highest BCUT2D eigenvalue weighted by molar-refractivity contribution is 6.31. The van der Waals surface area contributed by atoms with E-state index in [0.29, 0.717) is 22.8 Å². The molecule has 1 aromatic heterocycles. The van der Waals surface area contributed by atoms with Crippen molar-refractivity contribution in [1.82, 2.24) is 9.78 Å². The van der Waals surface area contributed by atoms with E-state index >= 15 is 0 Å². The molecule has 128 valence electrons. The summed E-state index contributed by atoms with van der Waals surface area (Å²) in [7, 11) is 0. The first-order chi connectivity index (χ1) is 12.0. The van der Waals surface area contributed by atoms with Crippen molar-refractivity contribution in [3.63, 3.8) is 0 Å². The smallest absolute Gasteiger partial charge is 0.259 e. The fourth-order valence-corrected chi connectivity index (χ4v) is 3.06. The zero-order valence-corrected chi connectivity index (χ0v) is 15.3. The first-order valence-corrected chi connectivity index (χ1v) is 8.49. The molecular weight excluding hydrogens is 334 g/mol. The Morgan fingerprint density at radius 3 is 2.48 bits per heavy atom. The number of para-hydroxylation sites is 1. The molecule has 0 aliphatic rings. The monoisotopic (exact) mass is 353 g/mol. The Morgan fingerprint density at radius 2 is 1.76 bits per heavy atom. The third kappa shape index (κ3) is 3.59. The number of carbonyl (C=O) groups excluding carboxylic acids is 1. The van der Waals surface area contributed by atoms with Crippen LogP contribution in [0.2, 0.25) is 5.02 Å². The molecule has 0 spiro atoms. The molecule has 0 saturated heterocycles. The van der Waals surface area contributed by atoms with E-state index < -0.39 is 0 Å². The fraction of sp³-hybridized carbons (Fsp3) is 0.200. The van der Waals surface area contributed by atoms with Gasteiger partial charge in [0, 0.05) is 16.4 Å². The van der Waals surface area contributed by atoms with Gasteiger partial charge in [0.2, 0.25) is 0 Å². The molecule has 1 heterocycles. The van der Waals surface area contributed by atoms with E-state index in [9.17, 15) is 4.79 Å². The summed E-state index contributed by atoms with van der Waals surface area (Å²) in [5.41, 5.74) is 4.94. The highest BCUT2D eigenvalue weighted by Crippen LogP contribution is 2.21. The second-order valence-corrected chi connectivity index (χ2v) is 6.47. The van der Waals surface area contributed by atoms with Crippen LogP contribution in [0, 0.1) is 20.8 Å². The van der Waals surface area contributed by atoms with Crippen molar-refractivity contribution in [2.75, 3.05) is 5.32 Å². The zero-order valence-electron chi connectivity index (χ0n) is 14.5. The number of halogens is 1. The average Bonchev–Trinajstić information content (AvgIpc) is 2.86. The van der Waals surface area contributed by atoms with Crippen molar-refractivity contribution in [2.45, 2.75) is 27.3 Å². The van der Waals surface area contributed by atoms with Crippen LogP contribution in [0.1, 0.15) is 32.9 Å². The van der Waals surface area contributed by atoms with Gasteiger partial charge < -0.3 is 5.32 Å². The Labute approximate surface area is 152 Å². The summed E-state index contributed by atoms with van der Waals surface area (Å²) in [6.07, 6.45) is 0. The van der Waals surface area contributed by atoms with Crippen LogP contribution in [0.4, 0.5) is 5.69 Å². The van der Waals surface area contributed by atoms with Gasteiger partial charge in [-0.15, -0.1) is 0 Å². The SMILES string of the molecule is Cc1ccccc1NC(=O)c1c(C)nn(Cc2ccccc2Cl)c1C. The van der Waals surface area contributed by atoms with E-state index in [0.717, 1.165) is 22.5 Å². The third-order valence-corrected chi connectivity index (χ3v) is 4.65. The second kappa shape index (κ2) is 7.11. The molecule has 5 heteroatoms. The van der Waals surface area contributed by atoms with Crippen molar-refractivity contribution < 1.29 is 4.79 Å². The van der Waals surface area contributed by atoms with Crippen LogP contribution >= 0.6 is 11.6 Å². The minimum Gasteiger partial charge on any atom is -0.322 e. The van der Waals surface area contributed by atoms with Crippen molar-refractivity contribution in [3.8, 4) is 0 Å². The molecule has 0 bridgehead atoms. The summed E-state index contributed by atoms with van der Waals surface area (Å²) >= 11 is 6.24. The molecule has 0 saturated carbocycles. The fourth-order valence-electron chi connectivity index (χ4n) is 2.87. The Morgan fingerprint density at radius 1 is 1.08 bits per heavy atom. The summed E-state index contributed by atoms with van der Waals surface area (Å²) in [5.74, 6) is -0.144. The molecule has 1 amide bonds. The Kier molecular flexibility index (Phi) is 4.91. The quantitative estimate of drug-likeness (QED) is 0.734. The number of amides is 1.